The molecule has 0 N–H and O–H groups in total. The number of fused-ring (bicyclic) bond motifs is 1. The third kappa shape index (κ3) is 4.16. The minimum atomic E-state index is 0.0135. The van der Waals surface area contributed by atoms with E-state index in [2.05, 4.69) is 19.1 Å². The molecule has 1 heterocycles. The Balaban J connectivity index is 1.94. The van der Waals surface area contributed by atoms with Crippen LogP contribution < -0.4 is 9.47 Å². The van der Waals surface area contributed by atoms with Gasteiger partial charge in [-0.05, 0) is 50.5 Å². The minimum Gasteiger partial charge on any atom is -0.497 e. The zero-order valence-corrected chi connectivity index (χ0v) is 16.5. The third-order valence-corrected chi connectivity index (χ3v) is 4.97. The van der Waals surface area contributed by atoms with Crippen LogP contribution in [-0.4, -0.2) is 31.1 Å². The maximum atomic E-state index is 13.3. The first-order valence-corrected chi connectivity index (χ1v) is 9.34. The van der Waals surface area contributed by atoms with Crippen molar-refractivity contribution in [1.82, 2.24) is 4.90 Å². The summed E-state index contributed by atoms with van der Waals surface area (Å²) < 4.78 is 11.4. The molecular weight excluding hydrogens is 338 g/mol. The first-order chi connectivity index (χ1) is 13.0. The van der Waals surface area contributed by atoms with Crippen LogP contribution in [0.15, 0.2) is 54.1 Å². The van der Waals surface area contributed by atoms with Crippen molar-refractivity contribution in [1.29, 1.82) is 0 Å². The molecule has 1 aliphatic heterocycles. The van der Waals surface area contributed by atoms with Crippen molar-refractivity contribution in [3.63, 3.8) is 0 Å². The second-order valence-electron chi connectivity index (χ2n) is 7.09. The van der Waals surface area contributed by atoms with Crippen molar-refractivity contribution in [2.24, 2.45) is 0 Å². The number of methoxy groups -OCH3 is 1. The molecule has 0 bridgehead atoms. The molecule has 1 aliphatic rings. The van der Waals surface area contributed by atoms with Gasteiger partial charge in [0, 0.05) is 12.6 Å². The summed E-state index contributed by atoms with van der Waals surface area (Å²) in [7, 11) is 1.63. The van der Waals surface area contributed by atoms with Crippen LogP contribution in [0.4, 0.5) is 0 Å². The van der Waals surface area contributed by atoms with Gasteiger partial charge >= 0.3 is 0 Å². The molecule has 4 heteroatoms. The Kier molecular flexibility index (Phi) is 5.84. The Morgan fingerprint density at radius 3 is 2.63 bits per heavy atom. The van der Waals surface area contributed by atoms with E-state index in [4.69, 9.17) is 9.47 Å². The van der Waals surface area contributed by atoms with Gasteiger partial charge in [-0.25, -0.2) is 0 Å². The maximum absolute atomic E-state index is 13.3. The quantitative estimate of drug-likeness (QED) is 0.690. The molecule has 0 aliphatic carbocycles. The molecule has 0 radical (unpaired) electrons. The van der Waals surface area contributed by atoms with Gasteiger partial charge in [0.25, 0.3) is 5.91 Å². The van der Waals surface area contributed by atoms with E-state index in [0.717, 1.165) is 23.3 Å². The molecule has 0 saturated carbocycles. The summed E-state index contributed by atoms with van der Waals surface area (Å²) in [5, 5.41) is 0. The zero-order chi connectivity index (χ0) is 19.4. The maximum Gasteiger partial charge on any atom is 0.258 e. The average Bonchev–Trinajstić information content (AvgIpc) is 2.67. The van der Waals surface area contributed by atoms with Gasteiger partial charge in [-0.1, -0.05) is 35.9 Å². The monoisotopic (exact) mass is 365 g/mol. The summed E-state index contributed by atoms with van der Waals surface area (Å²) >= 11 is 0. The Labute approximate surface area is 161 Å². The Bertz CT molecular complexity index is 838. The highest BCUT2D eigenvalue weighted by Crippen LogP contribution is 2.36. The highest BCUT2D eigenvalue weighted by Gasteiger charge is 2.32. The summed E-state index contributed by atoms with van der Waals surface area (Å²) in [6, 6.07) is 13.9. The molecule has 142 valence electrons. The van der Waals surface area contributed by atoms with E-state index in [1.165, 1.54) is 5.57 Å². The van der Waals surface area contributed by atoms with Gasteiger partial charge < -0.3 is 14.4 Å². The van der Waals surface area contributed by atoms with Gasteiger partial charge in [0.1, 0.15) is 18.1 Å². The van der Waals surface area contributed by atoms with E-state index < -0.39 is 0 Å². The van der Waals surface area contributed by atoms with E-state index in [-0.39, 0.29) is 11.9 Å². The SMILES string of the molecule is COc1cc2c(c(OCC=C(C)C)c1)C(=O)N(C(C)c1ccccc1)CC2. The van der Waals surface area contributed by atoms with Crippen LogP contribution in [0.5, 0.6) is 11.5 Å². The van der Waals surface area contributed by atoms with E-state index in [1.807, 2.05) is 55.2 Å². The lowest BCUT2D eigenvalue weighted by Crippen LogP contribution is -2.39. The summed E-state index contributed by atoms with van der Waals surface area (Å²) in [6.07, 6.45) is 2.79. The van der Waals surface area contributed by atoms with Gasteiger partial charge in [-0.15, -0.1) is 0 Å². The average molecular weight is 365 g/mol. The fraction of sp³-hybridized carbons (Fsp3) is 0.348. The predicted molar refractivity (Wildman–Crippen MR) is 108 cm³/mol. The minimum absolute atomic E-state index is 0.0135. The van der Waals surface area contributed by atoms with Gasteiger partial charge in [-0.3, -0.25) is 4.79 Å². The smallest absolute Gasteiger partial charge is 0.258 e. The van der Waals surface area contributed by atoms with Crippen LogP contribution in [0.2, 0.25) is 0 Å². The topological polar surface area (TPSA) is 38.8 Å². The van der Waals surface area contributed by atoms with Crippen LogP contribution in [0.1, 0.15) is 48.3 Å². The van der Waals surface area contributed by atoms with Gasteiger partial charge in [0.15, 0.2) is 0 Å². The van der Waals surface area contributed by atoms with Crippen LogP contribution >= 0.6 is 0 Å². The van der Waals surface area contributed by atoms with Crippen LogP contribution in [0, 0.1) is 0 Å². The molecule has 0 spiro atoms. The van der Waals surface area contributed by atoms with Gasteiger partial charge in [0.05, 0.1) is 18.7 Å². The largest absolute Gasteiger partial charge is 0.497 e. The summed E-state index contributed by atoms with van der Waals surface area (Å²) in [6.45, 7) is 7.25. The van der Waals surface area contributed by atoms with Gasteiger partial charge in [-0.2, -0.15) is 0 Å². The van der Waals surface area contributed by atoms with Crippen LogP contribution in [-0.2, 0) is 6.42 Å². The molecule has 1 unspecified atom stereocenters. The summed E-state index contributed by atoms with van der Waals surface area (Å²) in [5.74, 6) is 1.33. The molecular formula is C23H27NO3. The van der Waals surface area contributed by atoms with E-state index in [9.17, 15) is 4.79 Å². The van der Waals surface area contributed by atoms with Crippen molar-refractivity contribution in [2.75, 3.05) is 20.3 Å². The number of benzene rings is 2. The van der Waals surface area contributed by atoms with Crippen molar-refractivity contribution < 1.29 is 14.3 Å². The number of nitrogens with zero attached hydrogens (tertiary/aromatic N) is 1. The first-order valence-electron chi connectivity index (χ1n) is 9.34. The zero-order valence-electron chi connectivity index (χ0n) is 16.5. The molecule has 0 fully saturated rings. The van der Waals surface area contributed by atoms with Crippen molar-refractivity contribution in [2.45, 2.75) is 33.2 Å². The lowest BCUT2D eigenvalue weighted by Gasteiger charge is -2.34. The number of carbonyl (C=O) groups excluding carboxylic acids is 1. The van der Waals surface area contributed by atoms with Crippen molar-refractivity contribution >= 4 is 5.91 Å². The normalized spacial score (nSPS) is 14.4. The number of carbonyl (C=O) groups is 1. The molecule has 3 rings (SSSR count). The Hall–Kier alpha value is -2.75. The molecule has 0 aromatic heterocycles. The van der Waals surface area contributed by atoms with Crippen molar-refractivity contribution in [3.05, 3.63) is 70.8 Å². The van der Waals surface area contributed by atoms with E-state index in [0.29, 0.717) is 24.5 Å². The van der Waals surface area contributed by atoms with E-state index in [1.54, 1.807) is 7.11 Å². The lowest BCUT2D eigenvalue weighted by atomic mass is 9.95. The van der Waals surface area contributed by atoms with Crippen LogP contribution in [0.25, 0.3) is 0 Å². The standard InChI is InChI=1S/C23H27NO3/c1-16(2)11-13-27-21-15-20(26-4)14-19-10-12-24(23(25)22(19)21)17(3)18-8-6-5-7-9-18/h5-9,11,14-15,17H,10,12-13H2,1-4H3. The second-order valence-corrected chi connectivity index (χ2v) is 7.09. The second kappa shape index (κ2) is 8.30. The predicted octanol–water partition coefficient (Wildman–Crippen LogP) is 4.80. The number of amides is 1. The van der Waals surface area contributed by atoms with E-state index >= 15 is 0 Å². The number of rotatable bonds is 6. The lowest BCUT2D eigenvalue weighted by molar-refractivity contribution is 0.0668. The van der Waals surface area contributed by atoms with Crippen LogP contribution in [0.3, 0.4) is 0 Å². The molecule has 2 aromatic rings. The first kappa shape index (κ1) is 19.0. The number of ether oxygens (including phenoxy) is 2. The third-order valence-electron chi connectivity index (χ3n) is 4.97. The number of allylic oxidation sites excluding steroid dienone is 1. The van der Waals surface area contributed by atoms with Gasteiger partial charge in [0.2, 0.25) is 0 Å². The fourth-order valence-corrected chi connectivity index (χ4v) is 3.38. The fourth-order valence-electron chi connectivity index (χ4n) is 3.38. The summed E-state index contributed by atoms with van der Waals surface area (Å²) in [4.78, 5) is 15.3. The highest BCUT2D eigenvalue weighted by molar-refractivity contribution is 6.00. The molecule has 2 aromatic carbocycles. The molecule has 0 saturated heterocycles. The number of hydrogen-bond acceptors (Lipinski definition) is 3. The van der Waals surface area contributed by atoms with Crippen molar-refractivity contribution in [3.8, 4) is 11.5 Å². The Morgan fingerprint density at radius 1 is 1.22 bits per heavy atom. The molecule has 1 atom stereocenters. The molecule has 1 amide bonds. The molecule has 4 nitrogen and oxygen atoms in total. The highest BCUT2D eigenvalue weighted by atomic mass is 16.5. The molecule has 27 heavy (non-hydrogen) atoms. The Morgan fingerprint density at radius 2 is 1.96 bits per heavy atom. The number of hydrogen-bond donors (Lipinski definition) is 0. The summed E-state index contributed by atoms with van der Waals surface area (Å²) in [5.41, 5.74) is 3.96.